The van der Waals surface area contributed by atoms with Crippen LogP contribution in [-0.2, 0) is 11.3 Å². The number of carbonyl (C=O) groups excluding carboxylic acids is 1. The molecule has 158 valence electrons. The van der Waals surface area contributed by atoms with Crippen molar-refractivity contribution < 1.29 is 24.0 Å². The predicted molar refractivity (Wildman–Crippen MR) is 108 cm³/mol. The summed E-state index contributed by atoms with van der Waals surface area (Å²) in [5.74, 6) is -0.512. The Labute approximate surface area is 174 Å². The highest BCUT2D eigenvalue weighted by Crippen LogP contribution is 2.29. The van der Waals surface area contributed by atoms with Crippen molar-refractivity contribution in [1.82, 2.24) is 5.01 Å². The molecule has 0 bridgehead atoms. The molecule has 2 aliphatic rings. The number of nitrogens with zero attached hydrogens (tertiary/aromatic N) is 5. The van der Waals surface area contributed by atoms with Crippen LogP contribution in [0.3, 0.4) is 0 Å². The number of amides is 1. The van der Waals surface area contributed by atoms with Gasteiger partial charge in [0.1, 0.15) is 18.3 Å². The highest BCUT2D eigenvalue weighted by molar-refractivity contribution is 7.15. The SMILES string of the molecule is O=C1O[C@@H](CO)CN1c1ccc(N2C=NN(Cc3ccc([N+](=O)[O-])s3)CC2)c(F)c1. The lowest BCUT2D eigenvalue weighted by atomic mass is 10.2. The molecule has 1 aromatic carbocycles. The Morgan fingerprint density at radius 3 is 2.77 bits per heavy atom. The smallest absolute Gasteiger partial charge is 0.414 e. The summed E-state index contributed by atoms with van der Waals surface area (Å²) in [6.45, 7) is 1.30. The van der Waals surface area contributed by atoms with Crippen molar-refractivity contribution >= 4 is 40.1 Å². The fraction of sp³-hybridized carbons (Fsp3) is 0.333. The van der Waals surface area contributed by atoms with Crippen LogP contribution in [0, 0.1) is 15.9 Å². The summed E-state index contributed by atoms with van der Waals surface area (Å²) < 4.78 is 19.7. The number of rotatable bonds is 6. The number of aliphatic hydroxyl groups is 1. The number of cyclic esters (lactones) is 1. The van der Waals surface area contributed by atoms with Crippen LogP contribution < -0.4 is 9.80 Å². The van der Waals surface area contributed by atoms with Gasteiger partial charge in [0.25, 0.3) is 0 Å². The highest BCUT2D eigenvalue weighted by Gasteiger charge is 2.32. The normalized spacial score (nSPS) is 18.8. The first-order valence-electron chi connectivity index (χ1n) is 9.12. The summed E-state index contributed by atoms with van der Waals surface area (Å²) in [6, 6.07) is 7.60. The van der Waals surface area contributed by atoms with Gasteiger partial charge in [-0.05, 0) is 24.3 Å². The zero-order chi connectivity index (χ0) is 21.3. The Bertz CT molecular complexity index is 999. The monoisotopic (exact) mass is 435 g/mol. The number of carbonyl (C=O) groups is 1. The third-order valence-electron chi connectivity index (χ3n) is 4.75. The number of benzene rings is 1. The first-order chi connectivity index (χ1) is 14.4. The van der Waals surface area contributed by atoms with E-state index in [0.29, 0.717) is 31.0 Å². The van der Waals surface area contributed by atoms with Gasteiger partial charge in [0.15, 0.2) is 0 Å². The predicted octanol–water partition coefficient (Wildman–Crippen LogP) is 2.38. The van der Waals surface area contributed by atoms with E-state index in [-0.39, 0.29) is 18.2 Å². The molecule has 30 heavy (non-hydrogen) atoms. The zero-order valence-electron chi connectivity index (χ0n) is 15.7. The van der Waals surface area contributed by atoms with Crippen molar-refractivity contribution in [1.29, 1.82) is 0 Å². The maximum absolute atomic E-state index is 14.7. The van der Waals surface area contributed by atoms with E-state index in [1.54, 1.807) is 28.1 Å². The van der Waals surface area contributed by atoms with Gasteiger partial charge in [0.2, 0.25) is 0 Å². The number of ether oxygens (including phenoxy) is 1. The number of hydrazone groups is 1. The Hall–Kier alpha value is -3.25. The average Bonchev–Trinajstić information content (AvgIpc) is 3.35. The molecule has 1 fully saturated rings. The Morgan fingerprint density at radius 2 is 2.17 bits per heavy atom. The van der Waals surface area contributed by atoms with Crippen molar-refractivity contribution in [2.45, 2.75) is 12.6 Å². The second-order valence-electron chi connectivity index (χ2n) is 6.74. The van der Waals surface area contributed by atoms with Gasteiger partial charge in [0.05, 0.1) is 42.5 Å². The Kier molecular flexibility index (Phi) is 5.50. The van der Waals surface area contributed by atoms with Crippen LogP contribution in [0.15, 0.2) is 35.4 Å². The van der Waals surface area contributed by atoms with E-state index in [1.165, 1.54) is 23.4 Å². The molecule has 2 aromatic rings. The van der Waals surface area contributed by atoms with Gasteiger partial charge in [-0.2, -0.15) is 5.10 Å². The van der Waals surface area contributed by atoms with Crippen LogP contribution in [0.4, 0.5) is 25.6 Å². The molecular weight excluding hydrogens is 417 g/mol. The van der Waals surface area contributed by atoms with Gasteiger partial charge >= 0.3 is 11.1 Å². The summed E-state index contributed by atoms with van der Waals surface area (Å²) in [6.07, 6.45) is 0.269. The molecule has 2 aliphatic heterocycles. The van der Waals surface area contributed by atoms with Gasteiger partial charge in [0, 0.05) is 17.5 Å². The molecule has 0 aliphatic carbocycles. The molecule has 1 N–H and O–H groups in total. The lowest BCUT2D eigenvalue weighted by Gasteiger charge is -2.30. The number of thiophene rings is 1. The molecule has 0 saturated carbocycles. The first-order valence-corrected chi connectivity index (χ1v) is 9.93. The van der Waals surface area contributed by atoms with E-state index in [2.05, 4.69) is 5.10 Å². The summed E-state index contributed by atoms with van der Waals surface area (Å²) in [5.41, 5.74) is 0.673. The number of hydrogen-bond donors (Lipinski definition) is 1. The molecule has 0 unspecified atom stereocenters. The van der Waals surface area contributed by atoms with E-state index < -0.39 is 22.9 Å². The second kappa shape index (κ2) is 8.24. The number of anilines is 2. The molecule has 1 aromatic heterocycles. The average molecular weight is 435 g/mol. The largest absolute Gasteiger partial charge is 0.441 e. The van der Waals surface area contributed by atoms with Crippen LogP contribution >= 0.6 is 11.3 Å². The fourth-order valence-electron chi connectivity index (χ4n) is 3.23. The first kappa shape index (κ1) is 20.0. The number of aliphatic hydroxyl groups excluding tert-OH is 1. The van der Waals surface area contributed by atoms with Crippen molar-refractivity contribution in [2.75, 3.05) is 36.0 Å². The second-order valence-corrected chi connectivity index (χ2v) is 7.89. The zero-order valence-corrected chi connectivity index (χ0v) is 16.5. The van der Waals surface area contributed by atoms with E-state index in [4.69, 9.17) is 9.84 Å². The Morgan fingerprint density at radius 1 is 1.33 bits per heavy atom. The molecule has 10 nitrogen and oxygen atoms in total. The number of nitro groups is 1. The van der Waals surface area contributed by atoms with Gasteiger partial charge in [-0.15, -0.1) is 0 Å². The van der Waals surface area contributed by atoms with Crippen LogP contribution in [0.25, 0.3) is 0 Å². The molecule has 4 rings (SSSR count). The topological polar surface area (TPSA) is 112 Å². The van der Waals surface area contributed by atoms with Crippen LogP contribution in [0.5, 0.6) is 0 Å². The third-order valence-corrected chi connectivity index (χ3v) is 5.77. The molecule has 1 saturated heterocycles. The van der Waals surface area contributed by atoms with E-state index in [9.17, 15) is 19.3 Å². The minimum absolute atomic E-state index is 0.0852. The maximum atomic E-state index is 14.7. The third kappa shape index (κ3) is 4.04. The molecular formula is C18H18FN5O5S. The molecule has 0 spiro atoms. The molecule has 1 amide bonds. The minimum atomic E-state index is -0.620. The van der Waals surface area contributed by atoms with E-state index >= 15 is 0 Å². The van der Waals surface area contributed by atoms with Crippen LogP contribution in [0.1, 0.15) is 4.88 Å². The van der Waals surface area contributed by atoms with E-state index in [1.807, 2.05) is 0 Å². The van der Waals surface area contributed by atoms with Crippen molar-refractivity contribution in [3.63, 3.8) is 0 Å². The van der Waals surface area contributed by atoms with Gasteiger partial charge < -0.3 is 14.7 Å². The van der Waals surface area contributed by atoms with Crippen molar-refractivity contribution in [2.24, 2.45) is 5.10 Å². The Balaban J connectivity index is 1.42. The number of halogens is 1. The fourth-order valence-corrected chi connectivity index (χ4v) is 4.06. The van der Waals surface area contributed by atoms with Crippen molar-refractivity contribution in [3.8, 4) is 0 Å². The number of hydrogen-bond acceptors (Lipinski definition) is 9. The highest BCUT2D eigenvalue weighted by atomic mass is 32.1. The van der Waals surface area contributed by atoms with Crippen LogP contribution in [-0.4, -0.2) is 59.8 Å². The van der Waals surface area contributed by atoms with Gasteiger partial charge in [-0.1, -0.05) is 11.3 Å². The summed E-state index contributed by atoms with van der Waals surface area (Å²) in [4.78, 5) is 26.0. The molecule has 0 radical (unpaired) electrons. The lowest BCUT2D eigenvalue weighted by molar-refractivity contribution is -0.380. The molecule has 3 heterocycles. The molecule has 12 heteroatoms. The van der Waals surface area contributed by atoms with Gasteiger partial charge in [-0.25, -0.2) is 9.18 Å². The standard InChI is InChI=1S/C18H18FN5O5S/c19-15-7-12(23-8-13(10-25)29-18(23)26)1-3-16(15)21-5-6-22(20-11-21)9-14-2-4-17(30-14)24(27)28/h1-4,7,11,13,25H,5-6,8-10H2/t13-/m1/s1. The van der Waals surface area contributed by atoms with E-state index in [0.717, 1.165) is 16.2 Å². The summed E-state index contributed by atoms with van der Waals surface area (Å²) >= 11 is 1.10. The van der Waals surface area contributed by atoms with Crippen molar-refractivity contribution in [3.05, 3.63) is 51.1 Å². The summed E-state index contributed by atoms with van der Waals surface area (Å²) in [5, 5.41) is 26.1. The lowest BCUT2D eigenvalue weighted by Crippen LogP contribution is -2.37. The van der Waals surface area contributed by atoms with Gasteiger partial charge in [-0.3, -0.25) is 20.0 Å². The quantitative estimate of drug-likeness (QED) is 0.548. The minimum Gasteiger partial charge on any atom is -0.441 e. The maximum Gasteiger partial charge on any atom is 0.414 e. The summed E-state index contributed by atoms with van der Waals surface area (Å²) in [7, 11) is 0. The molecule has 1 atom stereocenters. The van der Waals surface area contributed by atoms with Crippen LogP contribution in [0.2, 0.25) is 0 Å².